The molecule has 2 rings (SSSR count). The lowest BCUT2D eigenvalue weighted by molar-refractivity contribution is 0.312. The standard InChI is InChI=1S/C25H36O2/c1-9-11-26-23-17(3)13-21(14-18(23)4)25(7,8)22-15-19(5)24(20(6)16-22)27-12-10-2/h13-16H,9-12H2,1-8H3. The molecule has 0 atom stereocenters. The molecule has 2 aromatic carbocycles. The fraction of sp³-hybridized carbons (Fsp3) is 0.520. The highest BCUT2D eigenvalue weighted by molar-refractivity contribution is 5.52. The molecule has 0 heterocycles. The van der Waals surface area contributed by atoms with Gasteiger partial charge in [-0.2, -0.15) is 0 Å². The Morgan fingerprint density at radius 3 is 1.19 bits per heavy atom. The molecule has 2 aromatic rings. The van der Waals surface area contributed by atoms with Gasteiger partial charge < -0.3 is 9.47 Å². The minimum absolute atomic E-state index is 0.0857. The van der Waals surface area contributed by atoms with Crippen LogP contribution in [0.25, 0.3) is 0 Å². The van der Waals surface area contributed by atoms with E-state index in [9.17, 15) is 0 Å². The zero-order chi connectivity index (χ0) is 20.2. The van der Waals surface area contributed by atoms with Gasteiger partial charge in [0.15, 0.2) is 0 Å². The second-order valence-corrected chi connectivity index (χ2v) is 8.20. The van der Waals surface area contributed by atoms with Gasteiger partial charge in [-0.3, -0.25) is 0 Å². The fourth-order valence-electron chi connectivity index (χ4n) is 3.65. The van der Waals surface area contributed by atoms with Crippen molar-refractivity contribution >= 4 is 0 Å². The van der Waals surface area contributed by atoms with Crippen LogP contribution in [0.2, 0.25) is 0 Å². The summed E-state index contributed by atoms with van der Waals surface area (Å²) in [4.78, 5) is 0. The number of aryl methyl sites for hydroxylation is 4. The highest BCUT2D eigenvalue weighted by Crippen LogP contribution is 2.38. The lowest BCUT2D eigenvalue weighted by Gasteiger charge is -2.29. The summed E-state index contributed by atoms with van der Waals surface area (Å²) in [6.07, 6.45) is 2.05. The number of hydrogen-bond donors (Lipinski definition) is 0. The van der Waals surface area contributed by atoms with Crippen LogP contribution in [-0.4, -0.2) is 13.2 Å². The fourth-order valence-corrected chi connectivity index (χ4v) is 3.65. The molecule has 0 unspecified atom stereocenters. The van der Waals surface area contributed by atoms with Crippen molar-refractivity contribution < 1.29 is 9.47 Å². The molecule has 2 nitrogen and oxygen atoms in total. The van der Waals surface area contributed by atoms with E-state index in [0.717, 1.165) is 37.6 Å². The van der Waals surface area contributed by atoms with E-state index in [4.69, 9.17) is 9.47 Å². The molecular weight excluding hydrogens is 332 g/mol. The molecule has 2 heteroatoms. The van der Waals surface area contributed by atoms with E-state index < -0.39 is 0 Å². The predicted molar refractivity (Wildman–Crippen MR) is 116 cm³/mol. The Kier molecular flexibility index (Phi) is 6.97. The number of hydrogen-bond acceptors (Lipinski definition) is 2. The molecule has 0 saturated carbocycles. The summed E-state index contributed by atoms with van der Waals surface area (Å²) in [5.74, 6) is 2.07. The number of rotatable bonds is 8. The van der Waals surface area contributed by atoms with Crippen LogP contribution in [0.4, 0.5) is 0 Å². The topological polar surface area (TPSA) is 18.5 Å². The number of benzene rings is 2. The van der Waals surface area contributed by atoms with Crippen LogP contribution >= 0.6 is 0 Å². The van der Waals surface area contributed by atoms with Crippen molar-refractivity contribution in [1.82, 2.24) is 0 Å². The van der Waals surface area contributed by atoms with Gasteiger partial charge in [-0.05, 0) is 73.9 Å². The summed E-state index contributed by atoms with van der Waals surface area (Å²) in [6.45, 7) is 19.0. The maximum absolute atomic E-state index is 5.97. The summed E-state index contributed by atoms with van der Waals surface area (Å²) in [6, 6.07) is 9.13. The van der Waals surface area contributed by atoms with Gasteiger partial charge in [0.2, 0.25) is 0 Å². The van der Waals surface area contributed by atoms with Crippen molar-refractivity contribution in [3.05, 3.63) is 57.6 Å². The zero-order valence-corrected chi connectivity index (χ0v) is 18.5. The van der Waals surface area contributed by atoms with Gasteiger partial charge in [-0.15, -0.1) is 0 Å². The summed E-state index contributed by atoms with van der Waals surface area (Å²) >= 11 is 0. The van der Waals surface area contributed by atoms with E-state index in [1.807, 2.05) is 0 Å². The van der Waals surface area contributed by atoms with Crippen LogP contribution in [0.3, 0.4) is 0 Å². The van der Waals surface area contributed by atoms with Crippen LogP contribution < -0.4 is 9.47 Å². The minimum atomic E-state index is -0.0857. The Labute approximate surface area is 165 Å². The van der Waals surface area contributed by atoms with E-state index in [1.165, 1.54) is 33.4 Å². The minimum Gasteiger partial charge on any atom is -0.493 e. The van der Waals surface area contributed by atoms with Crippen LogP contribution in [0.1, 0.15) is 73.9 Å². The molecular formula is C25H36O2. The molecule has 0 bridgehead atoms. The van der Waals surface area contributed by atoms with Crippen molar-refractivity contribution in [3.8, 4) is 11.5 Å². The Morgan fingerprint density at radius 1 is 0.630 bits per heavy atom. The summed E-state index contributed by atoms with van der Waals surface area (Å²) in [5, 5.41) is 0. The van der Waals surface area contributed by atoms with E-state index in [2.05, 4.69) is 79.7 Å². The first-order valence-corrected chi connectivity index (χ1v) is 10.2. The average Bonchev–Trinajstić information content (AvgIpc) is 2.60. The molecule has 0 aliphatic rings. The Morgan fingerprint density at radius 2 is 0.926 bits per heavy atom. The van der Waals surface area contributed by atoms with Crippen LogP contribution in [0.15, 0.2) is 24.3 Å². The highest BCUT2D eigenvalue weighted by atomic mass is 16.5. The molecule has 0 aliphatic heterocycles. The first kappa shape index (κ1) is 21.3. The quantitative estimate of drug-likeness (QED) is 0.509. The van der Waals surface area contributed by atoms with Crippen LogP contribution in [0.5, 0.6) is 11.5 Å². The van der Waals surface area contributed by atoms with Gasteiger partial charge in [0.05, 0.1) is 13.2 Å². The molecule has 0 aromatic heterocycles. The first-order chi connectivity index (χ1) is 12.7. The summed E-state index contributed by atoms with van der Waals surface area (Å²) in [7, 11) is 0. The lowest BCUT2D eigenvalue weighted by atomic mass is 9.76. The molecule has 27 heavy (non-hydrogen) atoms. The molecule has 0 saturated heterocycles. The van der Waals surface area contributed by atoms with E-state index in [-0.39, 0.29) is 5.41 Å². The third-order valence-corrected chi connectivity index (χ3v) is 5.27. The van der Waals surface area contributed by atoms with Crippen molar-refractivity contribution in [2.75, 3.05) is 13.2 Å². The van der Waals surface area contributed by atoms with Gasteiger partial charge in [0.1, 0.15) is 11.5 Å². The Hall–Kier alpha value is -1.96. The molecule has 148 valence electrons. The van der Waals surface area contributed by atoms with Gasteiger partial charge in [-0.25, -0.2) is 0 Å². The second kappa shape index (κ2) is 8.82. The highest BCUT2D eigenvalue weighted by Gasteiger charge is 2.26. The average molecular weight is 369 g/mol. The maximum Gasteiger partial charge on any atom is 0.125 e. The molecule has 0 radical (unpaired) electrons. The molecule has 0 N–H and O–H groups in total. The summed E-state index contributed by atoms with van der Waals surface area (Å²) in [5.41, 5.74) is 7.40. The molecule has 0 aliphatic carbocycles. The maximum atomic E-state index is 5.97. The van der Waals surface area contributed by atoms with Gasteiger partial charge in [0, 0.05) is 5.41 Å². The Bertz CT molecular complexity index is 675. The SMILES string of the molecule is CCCOc1c(C)cc(C(C)(C)c2cc(C)c(OCCC)c(C)c2)cc1C. The molecule has 0 fully saturated rings. The molecule has 0 amide bonds. The van der Waals surface area contributed by atoms with Gasteiger partial charge in [0.25, 0.3) is 0 Å². The second-order valence-electron chi connectivity index (χ2n) is 8.20. The van der Waals surface area contributed by atoms with E-state index >= 15 is 0 Å². The van der Waals surface area contributed by atoms with E-state index in [1.54, 1.807) is 0 Å². The predicted octanol–water partition coefficient (Wildman–Crippen LogP) is 6.82. The van der Waals surface area contributed by atoms with Crippen molar-refractivity contribution in [2.45, 2.75) is 73.6 Å². The third kappa shape index (κ3) is 4.66. The summed E-state index contributed by atoms with van der Waals surface area (Å²) < 4.78 is 11.9. The largest absolute Gasteiger partial charge is 0.493 e. The van der Waals surface area contributed by atoms with E-state index in [0.29, 0.717) is 0 Å². The normalized spacial score (nSPS) is 11.6. The van der Waals surface area contributed by atoms with Crippen LogP contribution in [0, 0.1) is 27.7 Å². The third-order valence-electron chi connectivity index (χ3n) is 5.27. The monoisotopic (exact) mass is 368 g/mol. The first-order valence-electron chi connectivity index (χ1n) is 10.2. The molecule has 0 spiro atoms. The van der Waals surface area contributed by atoms with Crippen molar-refractivity contribution in [2.24, 2.45) is 0 Å². The van der Waals surface area contributed by atoms with Crippen molar-refractivity contribution in [1.29, 1.82) is 0 Å². The zero-order valence-electron chi connectivity index (χ0n) is 18.5. The van der Waals surface area contributed by atoms with Gasteiger partial charge in [-0.1, -0.05) is 52.0 Å². The number of ether oxygens (including phenoxy) is 2. The smallest absolute Gasteiger partial charge is 0.125 e. The van der Waals surface area contributed by atoms with Crippen molar-refractivity contribution in [3.63, 3.8) is 0 Å². The lowest BCUT2D eigenvalue weighted by Crippen LogP contribution is -2.20. The Balaban J connectivity index is 2.43. The van der Waals surface area contributed by atoms with Gasteiger partial charge >= 0.3 is 0 Å². The van der Waals surface area contributed by atoms with Crippen LogP contribution in [-0.2, 0) is 5.41 Å².